The fraction of sp³-hybridized carbons (Fsp3) is 0.818. The highest BCUT2D eigenvalue weighted by Gasteiger charge is 2.32. The van der Waals surface area contributed by atoms with E-state index in [1.54, 1.807) is 27.7 Å². The van der Waals surface area contributed by atoms with Gasteiger partial charge in [0.25, 0.3) is 0 Å². The van der Waals surface area contributed by atoms with Crippen molar-refractivity contribution in [2.24, 2.45) is 5.41 Å². The van der Waals surface area contributed by atoms with Gasteiger partial charge in [-0.1, -0.05) is 20.8 Å². The van der Waals surface area contributed by atoms with E-state index < -0.39 is 23.5 Å². The van der Waals surface area contributed by atoms with Crippen LogP contribution < -0.4 is 10.6 Å². The average Bonchev–Trinajstić information content (AvgIpc) is 2.12. The minimum absolute atomic E-state index is 0.172. The first-order valence-corrected chi connectivity index (χ1v) is 5.47. The van der Waals surface area contributed by atoms with Gasteiger partial charge < -0.3 is 20.5 Å². The van der Waals surface area contributed by atoms with Gasteiger partial charge in [-0.3, -0.25) is 0 Å². The maximum absolute atomic E-state index is 11.5. The van der Waals surface area contributed by atoms with Crippen LogP contribution in [-0.4, -0.2) is 42.9 Å². The minimum Gasteiger partial charge on any atom is -0.480 e. The lowest BCUT2D eigenvalue weighted by Gasteiger charge is -2.28. The zero-order valence-corrected chi connectivity index (χ0v) is 11.0. The Hall–Kier alpha value is -1.30. The van der Waals surface area contributed by atoms with Crippen molar-refractivity contribution in [2.45, 2.75) is 39.8 Å². The molecule has 2 unspecified atom stereocenters. The van der Waals surface area contributed by atoms with Crippen LogP contribution in [0.15, 0.2) is 0 Å². The number of hydrogen-bond donors (Lipinski definition) is 3. The molecule has 0 spiro atoms. The van der Waals surface area contributed by atoms with Gasteiger partial charge in [-0.15, -0.1) is 0 Å². The maximum atomic E-state index is 11.5. The second-order valence-electron chi connectivity index (χ2n) is 5.11. The summed E-state index contributed by atoms with van der Waals surface area (Å²) < 4.78 is 4.87. The molecule has 0 aromatic heterocycles. The number of ether oxygens (including phenoxy) is 1. The van der Waals surface area contributed by atoms with E-state index >= 15 is 0 Å². The van der Waals surface area contributed by atoms with Crippen LogP contribution in [0.5, 0.6) is 0 Å². The molecule has 0 rings (SSSR count). The van der Waals surface area contributed by atoms with Crippen LogP contribution in [0.2, 0.25) is 0 Å². The second kappa shape index (κ2) is 6.44. The summed E-state index contributed by atoms with van der Waals surface area (Å²) in [6.07, 6.45) is 0. The molecular weight excluding hydrogens is 224 g/mol. The molecule has 6 nitrogen and oxygen atoms in total. The molecule has 0 aliphatic rings. The first kappa shape index (κ1) is 15.7. The van der Waals surface area contributed by atoms with E-state index in [9.17, 15) is 9.59 Å². The van der Waals surface area contributed by atoms with Gasteiger partial charge >= 0.3 is 12.0 Å². The van der Waals surface area contributed by atoms with Crippen molar-refractivity contribution in [3.63, 3.8) is 0 Å². The Morgan fingerprint density at radius 2 is 1.82 bits per heavy atom. The van der Waals surface area contributed by atoms with E-state index in [1.165, 1.54) is 7.11 Å². The minimum atomic E-state index is -1.05. The van der Waals surface area contributed by atoms with Crippen LogP contribution >= 0.6 is 0 Å². The molecule has 0 aliphatic heterocycles. The van der Waals surface area contributed by atoms with Crippen molar-refractivity contribution in [3.8, 4) is 0 Å². The molecule has 0 saturated carbocycles. The number of rotatable bonds is 5. The second-order valence-corrected chi connectivity index (χ2v) is 5.11. The first-order chi connectivity index (χ1) is 7.68. The number of carboxylic acids is 1. The summed E-state index contributed by atoms with van der Waals surface area (Å²) in [6, 6.07) is -1.61. The summed E-state index contributed by atoms with van der Waals surface area (Å²) in [5, 5.41) is 14.1. The van der Waals surface area contributed by atoms with Crippen molar-refractivity contribution in [2.75, 3.05) is 13.7 Å². The molecule has 0 radical (unpaired) electrons. The Morgan fingerprint density at radius 1 is 1.29 bits per heavy atom. The van der Waals surface area contributed by atoms with E-state index in [2.05, 4.69) is 10.6 Å². The maximum Gasteiger partial charge on any atom is 0.326 e. The number of methoxy groups -OCH3 is 1. The van der Waals surface area contributed by atoms with Crippen LogP contribution in [0.3, 0.4) is 0 Å². The van der Waals surface area contributed by atoms with Gasteiger partial charge in [-0.25, -0.2) is 9.59 Å². The Morgan fingerprint density at radius 3 is 2.18 bits per heavy atom. The number of nitrogens with one attached hydrogen (secondary N) is 2. The highest BCUT2D eigenvalue weighted by Crippen LogP contribution is 2.19. The fourth-order valence-electron chi connectivity index (χ4n) is 1.34. The van der Waals surface area contributed by atoms with E-state index in [4.69, 9.17) is 9.84 Å². The molecule has 6 heteroatoms. The number of carbonyl (C=O) groups excluding carboxylic acids is 1. The Kier molecular flexibility index (Phi) is 5.95. The van der Waals surface area contributed by atoms with Gasteiger partial charge in [-0.05, 0) is 12.3 Å². The first-order valence-electron chi connectivity index (χ1n) is 5.47. The molecule has 17 heavy (non-hydrogen) atoms. The molecule has 100 valence electrons. The molecule has 2 amide bonds. The molecular formula is C11H22N2O4. The molecule has 0 fully saturated rings. The van der Waals surface area contributed by atoms with Gasteiger partial charge in [0.1, 0.15) is 6.04 Å². The van der Waals surface area contributed by atoms with Crippen molar-refractivity contribution in [1.29, 1.82) is 0 Å². The summed E-state index contributed by atoms with van der Waals surface area (Å²) in [6.45, 7) is 7.41. The zero-order chi connectivity index (χ0) is 13.6. The van der Waals surface area contributed by atoms with Crippen molar-refractivity contribution >= 4 is 12.0 Å². The predicted octanol–water partition coefficient (Wildman–Crippen LogP) is 0.820. The smallest absolute Gasteiger partial charge is 0.326 e. The third-order valence-electron chi connectivity index (χ3n) is 2.18. The summed E-state index contributed by atoms with van der Waals surface area (Å²) >= 11 is 0. The van der Waals surface area contributed by atoms with Crippen LogP contribution in [0.4, 0.5) is 4.79 Å². The van der Waals surface area contributed by atoms with Crippen LogP contribution in [0.1, 0.15) is 27.7 Å². The predicted molar refractivity (Wildman–Crippen MR) is 63.9 cm³/mol. The number of hydrogen-bond acceptors (Lipinski definition) is 3. The molecule has 3 N–H and O–H groups in total. The Bertz CT molecular complexity index is 273. The quantitative estimate of drug-likeness (QED) is 0.670. The van der Waals surface area contributed by atoms with E-state index in [0.29, 0.717) is 6.61 Å². The third kappa shape index (κ3) is 6.11. The van der Waals surface area contributed by atoms with Gasteiger partial charge in [0.2, 0.25) is 0 Å². The summed E-state index contributed by atoms with van der Waals surface area (Å²) in [5.74, 6) is -1.05. The van der Waals surface area contributed by atoms with Crippen molar-refractivity contribution in [1.82, 2.24) is 10.6 Å². The molecule has 0 aliphatic carbocycles. The summed E-state index contributed by atoms with van der Waals surface area (Å²) in [5.41, 5.74) is -0.548. The lowest BCUT2D eigenvalue weighted by atomic mass is 9.87. The lowest BCUT2D eigenvalue weighted by molar-refractivity contribution is -0.141. The normalized spacial score (nSPS) is 14.9. The largest absolute Gasteiger partial charge is 0.480 e. The van der Waals surface area contributed by atoms with Gasteiger partial charge in [0.05, 0.1) is 12.6 Å². The van der Waals surface area contributed by atoms with E-state index in [1.807, 2.05) is 0 Å². The van der Waals surface area contributed by atoms with Crippen molar-refractivity contribution < 1.29 is 19.4 Å². The molecule has 0 heterocycles. The van der Waals surface area contributed by atoms with Crippen LogP contribution in [0, 0.1) is 5.41 Å². The van der Waals surface area contributed by atoms with E-state index in [-0.39, 0.29) is 6.04 Å². The molecule has 0 aromatic rings. The molecule has 0 aromatic carbocycles. The van der Waals surface area contributed by atoms with E-state index in [0.717, 1.165) is 0 Å². The van der Waals surface area contributed by atoms with Crippen LogP contribution in [-0.2, 0) is 9.53 Å². The zero-order valence-electron chi connectivity index (χ0n) is 11.0. The number of aliphatic carboxylic acids is 1. The average molecular weight is 246 g/mol. The topological polar surface area (TPSA) is 87.7 Å². The number of carbonyl (C=O) groups is 2. The molecule has 2 atom stereocenters. The summed E-state index contributed by atoms with van der Waals surface area (Å²) in [7, 11) is 1.53. The molecule has 0 bridgehead atoms. The summed E-state index contributed by atoms with van der Waals surface area (Å²) in [4.78, 5) is 22.6. The number of carboxylic acid groups (broad SMARTS) is 1. The lowest BCUT2D eigenvalue weighted by Crippen LogP contribution is -2.54. The fourth-order valence-corrected chi connectivity index (χ4v) is 1.34. The number of amides is 2. The third-order valence-corrected chi connectivity index (χ3v) is 2.18. The Labute approximate surface area is 102 Å². The number of urea groups is 1. The highest BCUT2D eigenvalue weighted by atomic mass is 16.5. The SMILES string of the molecule is COCC(C)NC(=O)NC(C(=O)O)C(C)(C)C. The molecule has 0 saturated heterocycles. The van der Waals surface area contributed by atoms with Gasteiger partial charge in [-0.2, -0.15) is 0 Å². The standard InChI is InChI=1S/C11H22N2O4/c1-7(6-17-5)12-10(16)13-8(9(14)15)11(2,3)4/h7-8H,6H2,1-5H3,(H,14,15)(H2,12,13,16). The van der Waals surface area contributed by atoms with Crippen molar-refractivity contribution in [3.05, 3.63) is 0 Å². The van der Waals surface area contributed by atoms with Crippen LogP contribution in [0.25, 0.3) is 0 Å². The van der Waals surface area contributed by atoms with Gasteiger partial charge in [0.15, 0.2) is 0 Å². The monoisotopic (exact) mass is 246 g/mol. The van der Waals surface area contributed by atoms with Gasteiger partial charge in [0, 0.05) is 7.11 Å². The highest BCUT2D eigenvalue weighted by molar-refractivity contribution is 5.83. The Balaban J connectivity index is 4.38.